The number of aromatic nitrogens is 16. The Bertz CT molecular complexity index is 4390. The first-order valence-corrected chi connectivity index (χ1v) is 40.5. The van der Waals surface area contributed by atoms with Gasteiger partial charge in [0, 0.05) is 24.7 Å². The van der Waals surface area contributed by atoms with Gasteiger partial charge in [0.05, 0.1) is 74.0 Å². The first kappa shape index (κ1) is 80.7. The van der Waals surface area contributed by atoms with E-state index in [2.05, 4.69) is 81.8 Å². The normalized spacial score (nSPS) is 26.6. The molecule has 3 saturated heterocycles. The van der Waals surface area contributed by atoms with Crippen LogP contribution in [0.2, 0.25) is 15.9 Å². The van der Waals surface area contributed by atoms with Gasteiger partial charge in [-0.05, 0) is 73.3 Å². The fourth-order valence-corrected chi connectivity index (χ4v) is 15.6. The Kier molecular flexibility index (Phi) is 25.7. The summed E-state index contributed by atoms with van der Waals surface area (Å²) in [4.78, 5) is 82.0. The molecule has 0 aromatic carbocycles. The molecule has 0 bridgehead atoms. The third kappa shape index (κ3) is 18.6. The van der Waals surface area contributed by atoms with Crippen molar-refractivity contribution in [2.45, 2.75) is 186 Å². The number of aliphatic hydroxyl groups excluding tert-OH is 5. The number of halogens is 6. The molecule has 14 atom stereocenters. The number of aliphatic hydroxyl groups is 5. The summed E-state index contributed by atoms with van der Waals surface area (Å²) in [6.45, 7) is -5.10. The molecule has 10 heterocycles. The monoisotopic (exact) mass is 1630 g/mol. The zero-order chi connectivity index (χ0) is 75.7. The zero-order valence-electron chi connectivity index (χ0n) is 54.9. The van der Waals surface area contributed by atoms with Gasteiger partial charge in [0.1, 0.15) is 54.1 Å². The minimum atomic E-state index is -5.13. The number of nitrogens with zero attached hydrogens (tertiary/aromatic N) is 15. The molecule has 3 aliphatic carbocycles. The number of H-pyrrole nitrogens is 1. The average molecular weight is 1630 g/mol. The van der Waals surface area contributed by atoms with Gasteiger partial charge >= 0.3 is 22.8 Å². The quantitative estimate of drug-likeness (QED) is 0.0257. The fourth-order valence-electron chi connectivity index (χ4n) is 12.6. The molecule has 6 aliphatic rings. The van der Waals surface area contributed by atoms with E-state index in [1.807, 2.05) is 4.72 Å². The second-order valence-electron chi connectivity index (χ2n) is 25.5. The lowest BCUT2D eigenvalue weighted by atomic mass is 10.1. The summed E-state index contributed by atoms with van der Waals surface area (Å²) in [5.74, 6) is -2.79. The van der Waals surface area contributed by atoms with Crippen LogP contribution in [0, 0.1) is 0 Å². The van der Waals surface area contributed by atoms with E-state index in [1.54, 1.807) is 0 Å². The lowest BCUT2D eigenvalue weighted by molar-refractivity contribution is -0.121. The molecule has 16 N–H and O–H groups in total. The molecule has 52 heteroatoms. The highest BCUT2D eigenvalue weighted by Gasteiger charge is 2.53. The van der Waals surface area contributed by atoms with Crippen molar-refractivity contribution in [1.82, 2.24) is 84.6 Å². The molecule has 42 nitrogen and oxygen atoms in total. The van der Waals surface area contributed by atoms with Crippen LogP contribution in [0.1, 0.15) is 107 Å². The maximum atomic E-state index is 15.1. The van der Waals surface area contributed by atoms with Crippen LogP contribution in [0.15, 0.2) is 18.6 Å². The lowest BCUT2D eigenvalue weighted by Crippen LogP contribution is -2.44. The number of sulfonamides is 1. The van der Waals surface area contributed by atoms with E-state index in [1.165, 1.54) is 18.6 Å². The Morgan fingerprint density at radius 3 is 1.27 bits per heavy atom. The molecule has 0 amide bonds. The molecule has 2 unspecified atom stereocenters. The number of hydrogen-bond donors (Lipinski definition) is 16. The summed E-state index contributed by atoms with van der Waals surface area (Å²) in [5, 5.41) is 83.2. The van der Waals surface area contributed by atoms with E-state index in [0.717, 1.165) is 97.4 Å². The maximum Gasteiger partial charge on any atom is 0.362 e. The molecule has 105 heavy (non-hydrogen) atoms. The predicted molar refractivity (Wildman–Crippen MR) is 358 cm³/mol. The molecule has 7 aromatic rings. The van der Waals surface area contributed by atoms with E-state index >= 15 is 13.2 Å². The Morgan fingerprint density at radius 2 is 0.952 bits per heavy atom. The summed E-state index contributed by atoms with van der Waals surface area (Å²) in [7, 11) is -18.7. The van der Waals surface area contributed by atoms with Gasteiger partial charge < -0.3 is 99.3 Å². The predicted octanol–water partition coefficient (Wildman–Crippen LogP) is 1.64. The van der Waals surface area contributed by atoms with Crippen LogP contribution in [0.25, 0.3) is 33.1 Å². The molecule has 6 fully saturated rings. The number of rotatable bonds is 27. The van der Waals surface area contributed by atoms with Crippen LogP contribution < -0.4 is 20.7 Å². The van der Waals surface area contributed by atoms with Crippen molar-refractivity contribution in [3.63, 3.8) is 0 Å². The summed E-state index contributed by atoms with van der Waals surface area (Å²) in [6.07, 6.45) is -1.91. The minimum Gasteiger partial charge on any atom is -0.393 e. The molecule has 0 spiro atoms. The SMILES string of the molecule is CS(=O)(=O)NCC(OC[C@H]1O[C@@H](n2ncc3c(NC4CCCC4)nc(Cl)nc32)[C@@H](F)[C@@H]1O)P(=O)(O)O.O=P(O)(O)C(CO)(CO)OC[C@H]1O[C@@H](n2ncc3c(NC4CCCC4)nc(Cl)nc32)[C@@H](F)[C@@H]1O.O=P(O)(O)C(OC[C@H]1O[C@@H](n2ncc3c(NC4CCCC4)nc(Cl)nc32)[C@@H](F)[C@@H]1O)c1nn[nH]n1. The van der Waals surface area contributed by atoms with Crippen LogP contribution in [-0.2, 0) is 52.1 Å². The van der Waals surface area contributed by atoms with Gasteiger partial charge in [-0.3, -0.25) is 13.7 Å². The summed E-state index contributed by atoms with van der Waals surface area (Å²) >= 11 is 18.3. The number of hydrogen-bond acceptors (Lipinski definition) is 31. The van der Waals surface area contributed by atoms with Gasteiger partial charge in [0.15, 0.2) is 60.0 Å². The summed E-state index contributed by atoms with van der Waals surface area (Å²) in [5.41, 5.74) is 0.534. The van der Waals surface area contributed by atoms with E-state index in [9.17, 15) is 77.0 Å². The average Bonchev–Trinajstić information content (AvgIpc) is 1.62. The minimum absolute atomic E-state index is 0.0711. The lowest BCUT2D eigenvalue weighted by Gasteiger charge is -2.31. The third-order valence-corrected chi connectivity index (χ3v) is 22.9. The zero-order valence-corrected chi connectivity index (χ0v) is 60.7. The Balaban J connectivity index is 0.000000158. The van der Waals surface area contributed by atoms with Crippen molar-refractivity contribution in [2.75, 3.05) is 61.8 Å². The molecular weight excluding hydrogens is 1560 g/mol. The number of aromatic amines is 1. The highest BCUT2D eigenvalue weighted by Crippen LogP contribution is 2.53. The van der Waals surface area contributed by atoms with Crippen molar-refractivity contribution in [3.05, 3.63) is 40.3 Å². The first-order valence-electron chi connectivity index (χ1n) is 32.5. The van der Waals surface area contributed by atoms with Crippen molar-refractivity contribution in [3.8, 4) is 0 Å². The second kappa shape index (κ2) is 33.5. The van der Waals surface area contributed by atoms with Crippen LogP contribution >= 0.6 is 57.6 Å². The van der Waals surface area contributed by atoms with Crippen LogP contribution in [0.3, 0.4) is 0 Å². The molecule has 0 radical (unpaired) electrons. The van der Waals surface area contributed by atoms with E-state index in [4.69, 9.17) is 63.2 Å². The summed E-state index contributed by atoms with van der Waals surface area (Å²) < 4.78 is 140. The molecule has 3 aliphatic heterocycles. The number of tetrazole rings is 1. The standard InChI is InChI=1S/C18H27ClFN6O8PS.C18H26ClFN5O8P.C17H22ClFN9O6P/c1-36(31,32)22-7-12(35(28,29)30)33-8-11-14(27)13(20)17(34-11)26-16-10(6-21-26)15(24-18(19)25-16)23-9-4-2-3-5-9;19-17-23-14(22-9-3-1-2-4-9)10-5-21-25(15(10)24-17)16-12(20)13(28)11(33-16)6-32-18(7-26,8-27)34(29,30)31;18-17-22-12(21-7-3-1-2-4-7)8-5-20-28(14(8)23-17)15-10(19)11(29)9(34-15)6-33-16(35(30,31)32)13-24-26-27-25-13/h6,9,11-14,17,22,27H,2-5,7-8H2,1H3,(H,23,24,25)(H2,28,29,30);5,9,11-13,16,26-28H,1-4,6-8H2,(H,22,23,24)(H2,29,30,31);5,7,9-11,15-16,29H,1-4,6H2,(H,21,22,23)(H2,30,31,32)(H,24,25,26,27)/t11-,12?,13+,14-,17-;11-,12+,13-,16-;9-,10+,11-,15-,16?/m111/s1. The molecule has 7 aromatic heterocycles. The topological polar surface area (TPSA) is 597 Å². The van der Waals surface area contributed by atoms with Crippen LogP contribution in [-0.4, -0.2) is 273 Å². The molecule has 582 valence electrons. The largest absolute Gasteiger partial charge is 0.393 e. The Morgan fingerprint density at radius 1 is 0.590 bits per heavy atom. The van der Waals surface area contributed by atoms with Gasteiger partial charge in [0.25, 0.3) is 0 Å². The number of ether oxygens (including phenoxy) is 6. The van der Waals surface area contributed by atoms with E-state index in [-0.39, 0.29) is 50.9 Å². The van der Waals surface area contributed by atoms with Crippen molar-refractivity contribution >= 4 is 118 Å². The van der Waals surface area contributed by atoms with Gasteiger partial charge in [0.2, 0.25) is 42.9 Å². The van der Waals surface area contributed by atoms with Crippen molar-refractivity contribution < 1.29 is 119 Å². The first-order chi connectivity index (χ1) is 49.6. The second-order valence-corrected chi connectivity index (χ2v) is 33.7. The van der Waals surface area contributed by atoms with Crippen LogP contribution in [0.4, 0.5) is 30.6 Å². The van der Waals surface area contributed by atoms with Gasteiger partial charge in [-0.2, -0.15) is 50.4 Å². The van der Waals surface area contributed by atoms with Gasteiger partial charge in [-0.15, -0.1) is 10.2 Å². The highest BCUT2D eigenvalue weighted by atomic mass is 35.5. The third-order valence-electron chi connectivity index (χ3n) is 18.2. The van der Waals surface area contributed by atoms with Gasteiger partial charge in [-0.1, -0.05) is 43.7 Å². The van der Waals surface area contributed by atoms with Gasteiger partial charge in [-0.25, -0.2) is 40.4 Å². The number of nitrogens with one attached hydrogen (secondary N) is 5. The summed E-state index contributed by atoms with van der Waals surface area (Å²) in [6, 6.07) is 0.653. The molecule has 13 rings (SSSR count). The smallest absolute Gasteiger partial charge is 0.362 e. The highest BCUT2D eigenvalue weighted by molar-refractivity contribution is 7.88. The maximum absolute atomic E-state index is 15.1. The fraction of sp³-hybridized carbons (Fsp3) is 0.698. The van der Waals surface area contributed by atoms with Crippen LogP contribution in [0.5, 0.6) is 0 Å². The van der Waals surface area contributed by atoms with E-state index in [0.29, 0.717) is 33.6 Å². The van der Waals surface area contributed by atoms with E-state index < -0.39 is 169 Å². The number of alkyl halides is 3. The van der Waals surface area contributed by atoms with Crippen molar-refractivity contribution in [1.29, 1.82) is 0 Å². The number of fused-ring (bicyclic) bond motifs is 3. The molecule has 3 saturated carbocycles. The molecular formula is C53H75Cl3F3N20O22P3S. The Hall–Kier alpha value is -5.30. The van der Waals surface area contributed by atoms with Crippen molar-refractivity contribution in [2.24, 2.45) is 0 Å². The Labute approximate surface area is 606 Å². The number of anilines is 3.